The van der Waals surface area contributed by atoms with E-state index in [1.54, 1.807) is 0 Å². The highest BCUT2D eigenvalue weighted by Crippen LogP contribution is 2.09. The lowest BCUT2D eigenvalue weighted by atomic mass is 10.1. The maximum Gasteiger partial charge on any atom is 0.334 e. The molecule has 0 aromatic rings. The Labute approximate surface area is 119 Å². The minimum atomic E-state index is -0.262. The fourth-order valence-corrected chi connectivity index (χ4v) is 1.72. The lowest BCUT2D eigenvalue weighted by molar-refractivity contribution is -0.138. The normalized spacial score (nSPS) is 11.4. The highest BCUT2D eigenvalue weighted by molar-refractivity contribution is 5.88. The zero-order chi connectivity index (χ0) is 14.8. The Morgan fingerprint density at radius 3 is 1.95 bits per heavy atom. The molecule has 0 atom stereocenters. The van der Waals surface area contributed by atoms with Gasteiger partial charge < -0.3 is 4.74 Å². The molecule has 0 aliphatic carbocycles. The zero-order valence-electron chi connectivity index (χ0n) is 13.4. The summed E-state index contributed by atoms with van der Waals surface area (Å²) >= 11 is 0. The predicted octanol–water partition coefficient (Wildman–Crippen LogP) is 3.50. The number of carbonyl (C=O) groups excluding carboxylic acids is 1. The van der Waals surface area contributed by atoms with Crippen molar-refractivity contribution >= 4 is 5.97 Å². The molecule has 0 heterocycles. The summed E-state index contributed by atoms with van der Waals surface area (Å²) in [4.78, 5) is 13.9. The quantitative estimate of drug-likeness (QED) is 0.449. The van der Waals surface area contributed by atoms with E-state index >= 15 is 0 Å². The van der Waals surface area contributed by atoms with Gasteiger partial charge in [0.25, 0.3) is 0 Å². The SMILES string of the molecule is C=C(CN(CCC(C)C)CCC(C)C)C(=O)OCC. The molecule has 0 amide bonds. The Balaban J connectivity index is 4.30. The van der Waals surface area contributed by atoms with Crippen molar-refractivity contribution in [2.45, 2.75) is 47.5 Å². The summed E-state index contributed by atoms with van der Waals surface area (Å²) < 4.78 is 4.99. The average molecular weight is 269 g/mol. The molecule has 0 aromatic carbocycles. The van der Waals surface area contributed by atoms with Crippen LogP contribution in [0.25, 0.3) is 0 Å². The van der Waals surface area contributed by atoms with Gasteiger partial charge in [0.1, 0.15) is 0 Å². The Hall–Kier alpha value is -0.830. The highest BCUT2D eigenvalue weighted by Gasteiger charge is 2.14. The molecule has 19 heavy (non-hydrogen) atoms. The van der Waals surface area contributed by atoms with Crippen molar-refractivity contribution in [1.82, 2.24) is 4.90 Å². The van der Waals surface area contributed by atoms with Gasteiger partial charge in [-0.05, 0) is 44.7 Å². The molecule has 0 aliphatic heterocycles. The van der Waals surface area contributed by atoms with Gasteiger partial charge in [-0.3, -0.25) is 4.90 Å². The van der Waals surface area contributed by atoms with Crippen LogP contribution in [0, 0.1) is 11.8 Å². The first-order valence-electron chi connectivity index (χ1n) is 7.44. The molecule has 0 saturated heterocycles. The van der Waals surface area contributed by atoms with E-state index in [1.165, 1.54) is 0 Å². The Morgan fingerprint density at radius 2 is 1.58 bits per heavy atom. The third-order valence-corrected chi connectivity index (χ3v) is 3.02. The molecule has 0 aliphatic rings. The van der Waals surface area contributed by atoms with Crippen LogP contribution < -0.4 is 0 Å². The maximum absolute atomic E-state index is 11.6. The van der Waals surface area contributed by atoms with Crippen LogP contribution in [0.15, 0.2) is 12.2 Å². The molecular formula is C16H31NO2. The molecule has 0 N–H and O–H groups in total. The predicted molar refractivity (Wildman–Crippen MR) is 81.1 cm³/mol. The molecule has 0 fully saturated rings. The molecule has 0 bridgehead atoms. The summed E-state index contributed by atoms with van der Waals surface area (Å²) in [5, 5.41) is 0. The van der Waals surface area contributed by atoms with Gasteiger partial charge in [-0.25, -0.2) is 4.79 Å². The average Bonchev–Trinajstić information content (AvgIpc) is 2.32. The molecule has 0 radical (unpaired) electrons. The minimum absolute atomic E-state index is 0.262. The van der Waals surface area contributed by atoms with Crippen LogP contribution in [0.5, 0.6) is 0 Å². The van der Waals surface area contributed by atoms with Crippen molar-refractivity contribution in [1.29, 1.82) is 0 Å². The van der Waals surface area contributed by atoms with Gasteiger partial charge in [0.15, 0.2) is 0 Å². The summed E-state index contributed by atoms with van der Waals surface area (Å²) in [6, 6.07) is 0. The lowest BCUT2D eigenvalue weighted by Gasteiger charge is -2.24. The topological polar surface area (TPSA) is 29.5 Å². The van der Waals surface area contributed by atoms with E-state index < -0.39 is 0 Å². The molecule has 3 heteroatoms. The number of esters is 1. The minimum Gasteiger partial charge on any atom is -0.463 e. The van der Waals surface area contributed by atoms with Crippen LogP contribution in [-0.2, 0) is 9.53 Å². The van der Waals surface area contributed by atoms with Gasteiger partial charge in [-0.1, -0.05) is 34.3 Å². The Kier molecular flexibility index (Phi) is 9.58. The van der Waals surface area contributed by atoms with Crippen LogP contribution >= 0.6 is 0 Å². The first-order valence-corrected chi connectivity index (χ1v) is 7.44. The molecule has 0 spiro atoms. The monoisotopic (exact) mass is 269 g/mol. The number of ether oxygens (including phenoxy) is 1. The van der Waals surface area contributed by atoms with Crippen LogP contribution in [0.1, 0.15) is 47.5 Å². The summed E-state index contributed by atoms with van der Waals surface area (Å²) in [7, 11) is 0. The van der Waals surface area contributed by atoms with Crippen molar-refractivity contribution in [2.75, 3.05) is 26.2 Å². The fraction of sp³-hybridized carbons (Fsp3) is 0.812. The van der Waals surface area contributed by atoms with Crippen LogP contribution in [0.4, 0.5) is 0 Å². The number of rotatable bonds is 10. The van der Waals surface area contributed by atoms with Crippen molar-refractivity contribution in [3.8, 4) is 0 Å². The Bertz CT molecular complexity index is 260. The molecule has 112 valence electrons. The lowest BCUT2D eigenvalue weighted by Crippen LogP contribution is -2.31. The highest BCUT2D eigenvalue weighted by atomic mass is 16.5. The third kappa shape index (κ3) is 9.71. The van der Waals surface area contributed by atoms with Crippen molar-refractivity contribution in [3.05, 3.63) is 12.2 Å². The summed E-state index contributed by atoms with van der Waals surface area (Å²) in [5.41, 5.74) is 0.564. The van der Waals surface area contributed by atoms with E-state index in [0.29, 0.717) is 30.6 Å². The number of hydrogen-bond donors (Lipinski definition) is 0. The van der Waals surface area contributed by atoms with Gasteiger partial charge in [0.2, 0.25) is 0 Å². The molecule has 0 aromatic heterocycles. The molecule has 0 rings (SSSR count). The maximum atomic E-state index is 11.6. The standard InChI is InChI=1S/C16H31NO2/c1-7-19-16(18)15(6)12-17(10-8-13(2)3)11-9-14(4)5/h13-14H,6-12H2,1-5H3. The van der Waals surface area contributed by atoms with E-state index in [-0.39, 0.29) is 5.97 Å². The number of hydrogen-bond acceptors (Lipinski definition) is 3. The molecule has 0 saturated carbocycles. The number of carbonyl (C=O) groups is 1. The smallest absolute Gasteiger partial charge is 0.334 e. The first-order chi connectivity index (χ1) is 8.86. The second-order valence-electron chi connectivity index (χ2n) is 5.97. The summed E-state index contributed by atoms with van der Waals surface area (Å²) in [6.45, 7) is 17.6. The van der Waals surface area contributed by atoms with Gasteiger partial charge in [-0.15, -0.1) is 0 Å². The zero-order valence-corrected chi connectivity index (χ0v) is 13.4. The summed E-state index contributed by atoms with van der Waals surface area (Å²) in [6.07, 6.45) is 2.29. The number of nitrogens with zero attached hydrogens (tertiary/aromatic N) is 1. The van der Waals surface area contributed by atoms with Crippen LogP contribution in [-0.4, -0.2) is 37.1 Å². The van der Waals surface area contributed by atoms with E-state index in [1.807, 2.05) is 6.92 Å². The van der Waals surface area contributed by atoms with Crippen LogP contribution in [0.3, 0.4) is 0 Å². The van der Waals surface area contributed by atoms with Crippen LogP contribution in [0.2, 0.25) is 0 Å². The van der Waals surface area contributed by atoms with E-state index in [4.69, 9.17) is 4.74 Å². The molecular weight excluding hydrogens is 238 g/mol. The van der Waals surface area contributed by atoms with Crippen molar-refractivity contribution in [2.24, 2.45) is 11.8 Å². The van der Waals surface area contributed by atoms with E-state index in [0.717, 1.165) is 25.9 Å². The first kappa shape index (κ1) is 18.2. The van der Waals surface area contributed by atoms with Gasteiger partial charge in [0.05, 0.1) is 6.61 Å². The molecule has 0 unspecified atom stereocenters. The second kappa shape index (κ2) is 10.0. The van der Waals surface area contributed by atoms with E-state index in [9.17, 15) is 4.79 Å². The van der Waals surface area contributed by atoms with Crippen molar-refractivity contribution in [3.63, 3.8) is 0 Å². The van der Waals surface area contributed by atoms with E-state index in [2.05, 4.69) is 39.2 Å². The molecule has 3 nitrogen and oxygen atoms in total. The summed E-state index contributed by atoms with van der Waals surface area (Å²) in [5.74, 6) is 1.09. The largest absolute Gasteiger partial charge is 0.463 e. The third-order valence-electron chi connectivity index (χ3n) is 3.02. The van der Waals surface area contributed by atoms with Crippen molar-refractivity contribution < 1.29 is 9.53 Å². The van der Waals surface area contributed by atoms with Gasteiger partial charge >= 0.3 is 5.97 Å². The second-order valence-corrected chi connectivity index (χ2v) is 5.97. The van der Waals surface area contributed by atoms with Gasteiger partial charge in [-0.2, -0.15) is 0 Å². The Morgan fingerprint density at radius 1 is 1.11 bits per heavy atom. The fourth-order valence-electron chi connectivity index (χ4n) is 1.72. The van der Waals surface area contributed by atoms with Gasteiger partial charge in [0, 0.05) is 12.1 Å².